The van der Waals surface area contributed by atoms with Gasteiger partial charge in [-0.25, -0.2) is 9.18 Å². The highest BCUT2D eigenvalue weighted by Gasteiger charge is 2.12. The average molecular weight is 210 g/mol. The minimum atomic E-state index is -1.31. The minimum absolute atomic E-state index is 0.130. The highest BCUT2D eigenvalue weighted by Crippen LogP contribution is 2.11. The molecular weight excluding hydrogens is 199 g/mol. The van der Waals surface area contributed by atoms with Crippen LogP contribution in [0.5, 0.6) is 0 Å². The molecule has 4 nitrogen and oxygen atoms in total. The van der Waals surface area contributed by atoms with Gasteiger partial charge in [-0.1, -0.05) is 6.07 Å². The Kier molecular flexibility index (Phi) is 3.04. The summed E-state index contributed by atoms with van der Waals surface area (Å²) in [5.41, 5.74) is -0.0344. The molecule has 0 saturated carbocycles. The Morgan fingerprint density at radius 3 is 2.47 bits per heavy atom. The zero-order valence-electron chi connectivity index (χ0n) is 8.41. The van der Waals surface area contributed by atoms with Gasteiger partial charge in [-0.2, -0.15) is 0 Å². The van der Waals surface area contributed by atoms with Crippen LogP contribution in [0, 0.1) is 11.2 Å². The van der Waals surface area contributed by atoms with Crippen LogP contribution in [0.25, 0.3) is 0 Å². The number of carbonyl (C=O) groups is 1. The van der Waals surface area contributed by atoms with Gasteiger partial charge < -0.3 is 10.0 Å². The second kappa shape index (κ2) is 4.08. The summed E-state index contributed by atoms with van der Waals surface area (Å²) in [4.78, 5) is 12.0. The van der Waals surface area contributed by atoms with Crippen molar-refractivity contribution in [2.24, 2.45) is 0 Å². The summed E-state index contributed by atoms with van der Waals surface area (Å²) in [5.74, 6) is -2.01. The molecule has 0 bridgehead atoms. The SMILES string of the molecule is CN(C)C(=N)c1ccc(C(=O)O)c(F)c1. The van der Waals surface area contributed by atoms with Gasteiger partial charge in [0.15, 0.2) is 0 Å². The average Bonchev–Trinajstić information content (AvgIpc) is 2.15. The molecule has 1 rings (SSSR count). The number of amidine groups is 1. The van der Waals surface area contributed by atoms with Crippen LogP contribution in [-0.2, 0) is 0 Å². The third-order valence-corrected chi connectivity index (χ3v) is 1.92. The maximum atomic E-state index is 13.2. The van der Waals surface area contributed by atoms with Crippen LogP contribution in [-0.4, -0.2) is 35.9 Å². The molecule has 0 saturated heterocycles. The number of carboxylic acid groups (broad SMARTS) is 1. The van der Waals surface area contributed by atoms with Gasteiger partial charge in [-0.15, -0.1) is 0 Å². The van der Waals surface area contributed by atoms with Crippen LogP contribution in [0.15, 0.2) is 18.2 Å². The molecule has 0 heterocycles. The van der Waals surface area contributed by atoms with Crippen LogP contribution in [0.1, 0.15) is 15.9 Å². The van der Waals surface area contributed by atoms with E-state index < -0.39 is 11.8 Å². The van der Waals surface area contributed by atoms with Crippen LogP contribution >= 0.6 is 0 Å². The number of carboxylic acids is 1. The number of halogens is 1. The van der Waals surface area contributed by atoms with Crippen molar-refractivity contribution in [3.8, 4) is 0 Å². The minimum Gasteiger partial charge on any atom is -0.478 e. The molecule has 0 aliphatic heterocycles. The first-order valence-electron chi connectivity index (χ1n) is 4.22. The lowest BCUT2D eigenvalue weighted by atomic mass is 10.1. The van der Waals surface area contributed by atoms with Crippen molar-refractivity contribution in [3.63, 3.8) is 0 Å². The number of aromatic carboxylic acids is 1. The molecule has 0 atom stereocenters. The first-order chi connectivity index (χ1) is 6.93. The molecule has 0 unspecified atom stereocenters. The van der Waals surface area contributed by atoms with Gasteiger partial charge >= 0.3 is 5.97 Å². The lowest BCUT2D eigenvalue weighted by molar-refractivity contribution is 0.0692. The van der Waals surface area contributed by atoms with E-state index in [0.29, 0.717) is 5.56 Å². The first kappa shape index (κ1) is 11.2. The van der Waals surface area contributed by atoms with Gasteiger partial charge in [-0.05, 0) is 12.1 Å². The standard InChI is InChI=1S/C10H11FN2O2/c1-13(2)9(12)6-3-4-7(10(14)15)8(11)5-6/h3-5,12H,1-2H3,(H,14,15). The van der Waals surface area contributed by atoms with Gasteiger partial charge in [0.25, 0.3) is 0 Å². The van der Waals surface area contributed by atoms with Gasteiger partial charge in [0.05, 0.1) is 5.56 Å². The summed E-state index contributed by atoms with van der Waals surface area (Å²) in [6, 6.07) is 3.62. The van der Waals surface area contributed by atoms with E-state index in [9.17, 15) is 9.18 Å². The second-order valence-electron chi connectivity index (χ2n) is 3.24. The van der Waals surface area contributed by atoms with Crippen LogP contribution < -0.4 is 0 Å². The lowest BCUT2D eigenvalue weighted by Gasteiger charge is -2.13. The molecule has 0 aliphatic rings. The van der Waals surface area contributed by atoms with Crippen molar-refractivity contribution >= 4 is 11.8 Å². The Balaban J connectivity index is 3.12. The van der Waals surface area contributed by atoms with Crippen molar-refractivity contribution in [2.75, 3.05) is 14.1 Å². The number of benzene rings is 1. The molecule has 80 valence electrons. The zero-order valence-corrected chi connectivity index (χ0v) is 8.41. The Bertz CT molecular complexity index is 416. The molecule has 0 fully saturated rings. The Morgan fingerprint density at radius 2 is 2.07 bits per heavy atom. The van der Waals surface area contributed by atoms with Crippen molar-refractivity contribution in [3.05, 3.63) is 35.1 Å². The molecule has 1 aromatic carbocycles. The molecule has 0 spiro atoms. The highest BCUT2D eigenvalue weighted by molar-refractivity contribution is 5.97. The van der Waals surface area contributed by atoms with E-state index in [4.69, 9.17) is 10.5 Å². The monoisotopic (exact) mass is 210 g/mol. The predicted molar refractivity (Wildman–Crippen MR) is 53.9 cm³/mol. The van der Waals surface area contributed by atoms with Gasteiger partial charge in [0.2, 0.25) is 0 Å². The van der Waals surface area contributed by atoms with E-state index in [0.717, 1.165) is 12.1 Å². The van der Waals surface area contributed by atoms with Crippen LogP contribution in [0.2, 0.25) is 0 Å². The third-order valence-electron chi connectivity index (χ3n) is 1.92. The van der Waals surface area contributed by atoms with E-state index >= 15 is 0 Å². The van der Waals surface area contributed by atoms with Gasteiger partial charge in [0.1, 0.15) is 11.7 Å². The summed E-state index contributed by atoms with van der Waals surface area (Å²) in [6.45, 7) is 0. The molecule has 0 amide bonds. The fourth-order valence-electron chi connectivity index (χ4n) is 1.09. The molecule has 1 aromatic rings. The topological polar surface area (TPSA) is 64.4 Å². The molecule has 0 aliphatic carbocycles. The van der Waals surface area contributed by atoms with E-state index in [2.05, 4.69) is 0 Å². The van der Waals surface area contributed by atoms with E-state index in [1.54, 1.807) is 14.1 Å². The van der Waals surface area contributed by atoms with Crippen LogP contribution in [0.4, 0.5) is 4.39 Å². The number of nitrogens with one attached hydrogen (secondary N) is 1. The van der Waals surface area contributed by atoms with E-state index in [-0.39, 0.29) is 11.4 Å². The maximum Gasteiger partial charge on any atom is 0.338 e. The fraction of sp³-hybridized carbons (Fsp3) is 0.200. The zero-order chi connectivity index (χ0) is 11.6. The van der Waals surface area contributed by atoms with Crippen LogP contribution in [0.3, 0.4) is 0 Å². The molecule has 15 heavy (non-hydrogen) atoms. The number of hydrogen-bond acceptors (Lipinski definition) is 2. The van der Waals surface area contributed by atoms with Crippen molar-refractivity contribution in [1.82, 2.24) is 4.90 Å². The van der Waals surface area contributed by atoms with Crippen molar-refractivity contribution in [2.45, 2.75) is 0 Å². The first-order valence-corrected chi connectivity index (χ1v) is 4.22. The fourth-order valence-corrected chi connectivity index (χ4v) is 1.09. The third kappa shape index (κ3) is 2.31. The number of hydrogen-bond donors (Lipinski definition) is 2. The summed E-state index contributed by atoms with van der Waals surface area (Å²) >= 11 is 0. The smallest absolute Gasteiger partial charge is 0.338 e. The molecule has 0 radical (unpaired) electrons. The van der Waals surface area contributed by atoms with E-state index in [1.165, 1.54) is 11.0 Å². The Labute approximate surface area is 86.5 Å². The number of rotatable bonds is 2. The Morgan fingerprint density at radius 1 is 1.47 bits per heavy atom. The maximum absolute atomic E-state index is 13.2. The summed E-state index contributed by atoms with van der Waals surface area (Å²) in [7, 11) is 3.32. The quantitative estimate of drug-likeness (QED) is 0.573. The molecular formula is C10H11FN2O2. The van der Waals surface area contributed by atoms with Gasteiger partial charge in [0, 0.05) is 19.7 Å². The molecule has 0 aromatic heterocycles. The molecule has 2 N–H and O–H groups in total. The van der Waals surface area contributed by atoms with Crippen molar-refractivity contribution < 1.29 is 14.3 Å². The second-order valence-corrected chi connectivity index (χ2v) is 3.24. The summed E-state index contributed by atoms with van der Waals surface area (Å²) in [6.07, 6.45) is 0. The van der Waals surface area contributed by atoms with Gasteiger partial charge in [-0.3, -0.25) is 5.41 Å². The van der Waals surface area contributed by atoms with E-state index in [1.807, 2.05) is 0 Å². The largest absolute Gasteiger partial charge is 0.478 e. The molecule has 5 heteroatoms. The lowest BCUT2D eigenvalue weighted by Crippen LogP contribution is -2.22. The predicted octanol–water partition coefficient (Wildman–Crippen LogP) is 1.41. The Hall–Kier alpha value is -1.91. The normalized spacial score (nSPS) is 9.80. The number of nitrogens with zero attached hydrogens (tertiary/aromatic N) is 1. The highest BCUT2D eigenvalue weighted by atomic mass is 19.1. The van der Waals surface area contributed by atoms with Crippen molar-refractivity contribution in [1.29, 1.82) is 5.41 Å². The summed E-state index contributed by atoms with van der Waals surface area (Å²) in [5, 5.41) is 16.2. The summed E-state index contributed by atoms with van der Waals surface area (Å²) < 4.78 is 13.2.